The van der Waals surface area contributed by atoms with Crippen LogP contribution in [0.1, 0.15) is 26.7 Å². The number of carbonyl (C=O) groups excluding carboxylic acids is 2. The van der Waals surface area contributed by atoms with Gasteiger partial charge in [-0.25, -0.2) is 5.48 Å². The van der Waals surface area contributed by atoms with Gasteiger partial charge in [0, 0.05) is 6.42 Å². The molecular formula is C13H19NO3. The molecule has 0 atom stereocenters. The summed E-state index contributed by atoms with van der Waals surface area (Å²) in [5, 5.41) is 0. The molecule has 1 amide bonds. The Hall–Kier alpha value is -1.68. The van der Waals surface area contributed by atoms with Crippen molar-refractivity contribution >= 4 is 12.2 Å². The molecule has 0 rings (SSSR count). The number of nitrogens with one attached hydrogen (secondary N) is 1. The van der Waals surface area contributed by atoms with Crippen molar-refractivity contribution in [2.24, 2.45) is 0 Å². The van der Waals surface area contributed by atoms with Crippen LogP contribution in [0, 0.1) is 0 Å². The number of hydrogen-bond acceptors (Lipinski definition) is 3. The predicted octanol–water partition coefficient (Wildman–Crippen LogP) is 2.09. The van der Waals surface area contributed by atoms with Crippen molar-refractivity contribution in [3.63, 3.8) is 0 Å². The van der Waals surface area contributed by atoms with Crippen LogP contribution >= 0.6 is 0 Å². The van der Waals surface area contributed by atoms with Gasteiger partial charge < -0.3 is 0 Å². The van der Waals surface area contributed by atoms with Gasteiger partial charge in [0.25, 0.3) is 0 Å². The standard InChI is InChI=1S/C13H19NO3/c1-3-12(8-6-5-7-10-15)9-11-17-14-13(16)4-2/h5-10H,3-4,11H2,1-2H3,(H,14,16)/b7-5+,8-6-,12-9+. The summed E-state index contributed by atoms with van der Waals surface area (Å²) in [5.74, 6) is -0.138. The Morgan fingerprint density at radius 3 is 2.53 bits per heavy atom. The van der Waals surface area contributed by atoms with Gasteiger partial charge in [0.1, 0.15) is 6.29 Å². The van der Waals surface area contributed by atoms with Crippen molar-refractivity contribution < 1.29 is 14.4 Å². The summed E-state index contributed by atoms with van der Waals surface area (Å²) in [7, 11) is 0. The molecule has 0 aliphatic rings. The molecule has 0 fully saturated rings. The summed E-state index contributed by atoms with van der Waals surface area (Å²) >= 11 is 0. The van der Waals surface area contributed by atoms with E-state index in [0.717, 1.165) is 18.3 Å². The number of amides is 1. The summed E-state index contributed by atoms with van der Waals surface area (Å²) in [5.41, 5.74) is 3.40. The Labute approximate surface area is 102 Å². The third-order valence-corrected chi connectivity index (χ3v) is 1.96. The van der Waals surface area contributed by atoms with Crippen molar-refractivity contribution in [3.05, 3.63) is 36.0 Å². The van der Waals surface area contributed by atoms with Gasteiger partial charge in [-0.15, -0.1) is 0 Å². The van der Waals surface area contributed by atoms with Crippen LogP contribution in [0.25, 0.3) is 0 Å². The van der Waals surface area contributed by atoms with E-state index in [-0.39, 0.29) is 5.91 Å². The Morgan fingerprint density at radius 2 is 1.94 bits per heavy atom. The highest BCUT2D eigenvalue weighted by molar-refractivity contribution is 5.74. The molecular weight excluding hydrogens is 218 g/mol. The molecule has 0 saturated heterocycles. The topological polar surface area (TPSA) is 55.4 Å². The molecule has 0 heterocycles. The third kappa shape index (κ3) is 9.26. The Balaban J connectivity index is 4.00. The largest absolute Gasteiger partial charge is 0.299 e. The quantitative estimate of drug-likeness (QED) is 0.231. The van der Waals surface area contributed by atoms with Crippen molar-refractivity contribution in [2.75, 3.05) is 6.61 Å². The van der Waals surface area contributed by atoms with E-state index in [2.05, 4.69) is 5.48 Å². The molecule has 0 aromatic carbocycles. The number of aldehydes is 1. The molecule has 0 bridgehead atoms. The fraction of sp³-hybridized carbons (Fsp3) is 0.385. The second kappa shape index (κ2) is 10.8. The molecule has 0 radical (unpaired) electrons. The monoisotopic (exact) mass is 237 g/mol. The van der Waals surface area contributed by atoms with E-state index in [0.29, 0.717) is 13.0 Å². The second-order valence-corrected chi connectivity index (χ2v) is 3.20. The van der Waals surface area contributed by atoms with E-state index in [9.17, 15) is 9.59 Å². The maximum Gasteiger partial charge on any atom is 0.243 e. The zero-order valence-electron chi connectivity index (χ0n) is 10.3. The SMILES string of the molecule is CCC(=O)NOC/C=C(/C=C\C=C\C=O)CC. The zero-order valence-corrected chi connectivity index (χ0v) is 10.3. The van der Waals surface area contributed by atoms with Gasteiger partial charge in [0.2, 0.25) is 5.91 Å². The molecule has 1 N–H and O–H groups in total. The lowest BCUT2D eigenvalue weighted by Crippen LogP contribution is -2.22. The van der Waals surface area contributed by atoms with Gasteiger partial charge in [-0.05, 0) is 18.1 Å². The van der Waals surface area contributed by atoms with Gasteiger partial charge in [-0.2, -0.15) is 0 Å². The normalized spacial score (nSPS) is 12.2. The highest BCUT2D eigenvalue weighted by atomic mass is 16.6. The Bertz CT molecular complexity index is 317. The molecule has 0 spiro atoms. The molecule has 4 nitrogen and oxygen atoms in total. The van der Waals surface area contributed by atoms with Crippen LogP contribution in [0.4, 0.5) is 0 Å². The molecule has 0 saturated carbocycles. The predicted molar refractivity (Wildman–Crippen MR) is 67.1 cm³/mol. The van der Waals surface area contributed by atoms with E-state index in [1.165, 1.54) is 6.08 Å². The summed E-state index contributed by atoms with van der Waals surface area (Å²) in [6, 6.07) is 0. The van der Waals surface area contributed by atoms with E-state index in [1.807, 2.05) is 19.1 Å². The van der Waals surface area contributed by atoms with Crippen LogP contribution < -0.4 is 5.48 Å². The maximum atomic E-state index is 10.9. The second-order valence-electron chi connectivity index (χ2n) is 3.20. The van der Waals surface area contributed by atoms with Crippen molar-refractivity contribution in [3.8, 4) is 0 Å². The van der Waals surface area contributed by atoms with Crippen LogP contribution in [0.2, 0.25) is 0 Å². The fourth-order valence-electron chi connectivity index (χ4n) is 0.962. The summed E-state index contributed by atoms with van der Waals surface area (Å²) in [4.78, 5) is 25.8. The number of carbonyl (C=O) groups is 2. The van der Waals surface area contributed by atoms with Crippen molar-refractivity contribution in [1.29, 1.82) is 0 Å². The molecule has 0 aliphatic carbocycles. The van der Waals surface area contributed by atoms with E-state index >= 15 is 0 Å². The van der Waals surface area contributed by atoms with E-state index < -0.39 is 0 Å². The molecule has 0 aromatic rings. The van der Waals surface area contributed by atoms with Crippen LogP contribution in [0.3, 0.4) is 0 Å². The van der Waals surface area contributed by atoms with Crippen LogP contribution in [0.15, 0.2) is 36.0 Å². The lowest BCUT2D eigenvalue weighted by Gasteiger charge is -2.02. The summed E-state index contributed by atoms with van der Waals surface area (Å²) < 4.78 is 0. The van der Waals surface area contributed by atoms with Crippen molar-refractivity contribution in [2.45, 2.75) is 26.7 Å². The Morgan fingerprint density at radius 1 is 1.18 bits per heavy atom. The summed E-state index contributed by atoms with van der Waals surface area (Å²) in [6.45, 7) is 4.11. The van der Waals surface area contributed by atoms with E-state index in [4.69, 9.17) is 4.84 Å². The van der Waals surface area contributed by atoms with Gasteiger partial charge in [-0.1, -0.05) is 38.2 Å². The number of hydroxylamine groups is 1. The maximum absolute atomic E-state index is 10.9. The molecule has 94 valence electrons. The average Bonchev–Trinajstić information content (AvgIpc) is 2.36. The van der Waals surface area contributed by atoms with Crippen LogP contribution in [-0.2, 0) is 14.4 Å². The van der Waals surface area contributed by atoms with Gasteiger partial charge in [-0.3, -0.25) is 14.4 Å². The molecule has 0 aromatic heterocycles. The lowest BCUT2D eigenvalue weighted by atomic mass is 10.2. The molecule has 0 unspecified atom stereocenters. The zero-order chi connectivity index (χ0) is 12.9. The van der Waals surface area contributed by atoms with Crippen LogP contribution in [-0.4, -0.2) is 18.8 Å². The third-order valence-electron chi connectivity index (χ3n) is 1.96. The Kier molecular flexibility index (Phi) is 9.76. The molecule has 4 heteroatoms. The number of hydrogen-bond donors (Lipinski definition) is 1. The first-order valence-corrected chi connectivity index (χ1v) is 5.62. The van der Waals surface area contributed by atoms with Gasteiger partial charge in [0.15, 0.2) is 0 Å². The number of allylic oxidation sites excluding steroid dienone is 5. The van der Waals surface area contributed by atoms with E-state index in [1.54, 1.807) is 19.1 Å². The van der Waals surface area contributed by atoms with Crippen molar-refractivity contribution in [1.82, 2.24) is 5.48 Å². The first kappa shape index (κ1) is 15.3. The average molecular weight is 237 g/mol. The minimum Gasteiger partial charge on any atom is -0.299 e. The smallest absolute Gasteiger partial charge is 0.243 e. The summed E-state index contributed by atoms with van der Waals surface area (Å²) in [6.07, 6.45) is 10.6. The highest BCUT2D eigenvalue weighted by Gasteiger charge is 1.94. The fourth-order valence-corrected chi connectivity index (χ4v) is 0.962. The van der Waals surface area contributed by atoms with Gasteiger partial charge >= 0.3 is 0 Å². The minimum absolute atomic E-state index is 0.138. The first-order chi connectivity index (χ1) is 8.24. The molecule has 17 heavy (non-hydrogen) atoms. The number of rotatable bonds is 8. The lowest BCUT2D eigenvalue weighted by molar-refractivity contribution is -0.132. The van der Waals surface area contributed by atoms with Gasteiger partial charge in [0.05, 0.1) is 6.61 Å². The minimum atomic E-state index is -0.138. The highest BCUT2D eigenvalue weighted by Crippen LogP contribution is 2.02. The first-order valence-electron chi connectivity index (χ1n) is 5.62. The van der Waals surface area contributed by atoms with Crippen LogP contribution in [0.5, 0.6) is 0 Å². The molecule has 0 aliphatic heterocycles.